The van der Waals surface area contributed by atoms with Crippen LogP contribution in [0.25, 0.3) is 0 Å². The van der Waals surface area contributed by atoms with Gasteiger partial charge in [0.15, 0.2) is 11.8 Å². The first-order valence-electron chi connectivity index (χ1n) is 11.4. The summed E-state index contributed by atoms with van der Waals surface area (Å²) in [5, 5.41) is 10.6. The number of rotatable bonds is 8. The van der Waals surface area contributed by atoms with Crippen molar-refractivity contribution in [3.8, 4) is 0 Å². The highest BCUT2D eigenvalue weighted by Gasteiger charge is 2.28. The SMILES string of the molecule is O=C1CC(c2ccccc2)CC(O)=C1C=N[C@@H](Cc1ccccc1)C(=O)OCc1ccccc1. The second kappa shape index (κ2) is 11.2. The van der Waals surface area contributed by atoms with Crippen LogP contribution in [0, 0.1) is 0 Å². The quantitative estimate of drug-likeness (QED) is 0.367. The summed E-state index contributed by atoms with van der Waals surface area (Å²) in [7, 11) is 0. The molecule has 1 aliphatic rings. The van der Waals surface area contributed by atoms with Crippen LogP contribution in [-0.4, -0.2) is 29.1 Å². The number of allylic oxidation sites excluding steroid dienone is 2. The van der Waals surface area contributed by atoms with Gasteiger partial charge in [-0.1, -0.05) is 91.0 Å². The number of ether oxygens (including phenoxy) is 1. The molecule has 5 nitrogen and oxygen atoms in total. The van der Waals surface area contributed by atoms with Gasteiger partial charge >= 0.3 is 5.97 Å². The zero-order valence-electron chi connectivity index (χ0n) is 18.8. The topological polar surface area (TPSA) is 76.0 Å². The molecular weight excluding hydrogens is 426 g/mol. The molecule has 2 atom stereocenters. The summed E-state index contributed by atoms with van der Waals surface area (Å²) in [6.07, 6.45) is 2.33. The highest BCUT2D eigenvalue weighted by atomic mass is 16.5. The van der Waals surface area contributed by atoms with Crippen molar-refractivity contribution in [2.45, 2.75) is 37.8 Å². The van der Waals surface area contributed by atoms with Gasteiger partial charge in [0.05, 0.1) is 5.57 Å². The van der Waals surface area contributed by atoms with E-state index < -0.39 is 12.0 Å². The van der Waals surface area contributed by atoms with E-state index in [0.29, 0.717) is 12.8 Å². The van der Waals surface area contributed by atoms with Crippen molar-refractivity contribution >= 4 is 18.0 Å². The van der Waals surface area contributed by atoms with Gasteiger partial charge in [-0.15, -0.1) is 0 Å². The molecular formula is C29H27NO4. The molecule has 0 heterocycles. The fourth-order valence-electron chi connectivity index (χ4n) is 4.04. The van der Waals surface area contributed by atoms with Crippen molar-refractivity contribution in [2.24, 2.45) is 4.99 Å². The number of carbonyl (C=O) groups excluding carboxylic acids is 2. The Balaban J connectivity index is 1.50. The van der Waals surface area contributed by atoms with Crippen LogP contribution in [0.1, 0.15) is 35.4 Å². The second-order valence-electron chi connectivity index (χ2n) is 8.38. The standard InChI is InChI=1S/C29H27NO4/c31-27-17-24(23-14-8-3-9-15-23)18-28(32)25(27)19-30-26(16-21-10-4-1-5-11-21)29(33)34-20-22-12-6-2-7-13-22/h1-15,19,24,26,31H,16-18,20H2/t24?,26-/m0/s1. The number of Topliss-reactive ketones (excluding diaryl/α,β-unsaturated/α-hetero) is 1. The molecule has 1 N–H and O–H groups in total. The van der Waals surface area contributed by atoms with Crippen molar-refractivity contribution < 1.29 is 19.4 Å². The van der Waals surface area contributed by atoms with Crippen LogP contribution in [0.5, 0.6) is 0 Å². The number of aliphatic imine (C=N–C) groups is 1. The molecule has 3 aromatic carbocycles. The normalized spacial score (nSPS) is 17.1. The van der Waals surface area contributed by atoms with E-state index in [9.17, 15) is 14.7 Å². The maximum atomic E-state index is 12.9. The van der Waals surface area contributed by atoms with Crippen LogP contribution in [0.4, 0.5) is 0 Å². The zero-order valence-corrected chi connectivity index (χ0v) is 18.8. The fourth-order valence-corrected chi connectivity index (χ4v) is 4.04. The van der Waals surface area contributed by atoms with Gasteiger partial charge in [0.1, 0.15) is 12.4 Å². The highest BCUT2D eigenvalue weighted by Crippen LogP contribution is 2.33. The van der Waals surface area contributed by atoms with E-state index in [4.69, 9.17) is 4.74 Å². The fraction of sp³-hybridized carbons (Fsp3) is 0.207. The number of benzene rings is 3. The summed E-state index contributed by atoms with van der Waals surface area (Å²) in [5.41, 5.74) is 3.00. The maximum absolute atomic E-state index is 12.9. The Labute approximate surface area is 199 Å². The van der Waals surface area contributed by atoms with Gasteiger partial charge in [-0.3, -0.25) is 9.79 Å². The number of hydrogen-bond acceptors (Lipinski definition) is 5. The van der Waals surface area contributed by atoms with Crippen LogP contribution in [-0.2, 0) is 27.4 Å². The lowest BCUT2D eigenvalue weighted by atomic mass is 9.83. The molecule has 34 heavy (non-hydrogen) atoms. The molecule has 5 heteroatoms. The molecule has 0 amide bonds. The zero-order chi connectivity index (χ0) is 23.8. The Kier molecular flexibility index (Phi) is 7.66. The largest absolute Gasteiger partial charge is 0.511 e. The summed E-state index contributed by atoms with van der Waals surface area (Å²) < 4.78 is 5.51. The second-order valence-corrected chi connectivity index (χ2v) is 8.38. The Morgan fingerprint density at radius 2 is 1.50 bits per heavy atom. The minimum Gasteiger partial charge on any atom is -0.511 e. The summed E-state index contributed by atoms with van der Waals surface area (Å²) >= 11 is 0. The van der Waals surface area contributed by atoms with E-state index in [0.717, 1.165) is 16.7 Å². The molecule has 0 fully saturated rings. The molecule has 0 aromatic heterocycles. The Bertz CT molecular complexity index is 1170. The number of aliphatic hydroxyl groups is 1. The lowest BCUT2D eigenvalue weighted by molar-refractivity contribution is -0.146. The molecule has 1 aliphatic carbocycles. The monoisotopic (exact) mass is 453 g/mol. The smallest absolute Gasteiger partial charge is 0.331 e. The van der Waals surface area contributed by atoms with Crippen molar-refractivity contribution in [1.29, 1.82) is 0 Å². The molecule has 1 unspecified atom stereocenters. The van der Waals surface area contributed by atoms with Gasteiger partial charge in [-0.25, -0.2) is 4.79 Å². The van der Waals surface area contributed by atoms with E-state index in [2.05, 4.69) is 4.99 Å². The predicted octanol–water partition coefficient (Wildman–Crippen LogP) is 5.37. The van der Waals surface area contributed by atoms with E-state index in [-0.39, 0.29) is 36.1 Å². The first-order valence-corrected chi connectivity index (χ1v) is 11.4. The molecule has 0 aliphatic heterocycles. The summed E-state index contributed by atoms with van der Waals surface area (Å²) in [5.74, 6) is -0.723. The highest BCUT2D eigenvalue weighted by molar-refractivity contribution is 6.14. The molecule has 3 aromatic rings. The van der Waals surface area contributed by atoms with Crippen LogP contribution in [0.15, 0.2) is 107 Å². The third-order valence-corrected chi connectivity index (χ3v) is 5.91. The van der Waals surface area contributed by atoms with Crippen molar-refractivity contribution in [3.63, 3.8) is 0 Å². The summed E-state index contributed by atoms with van der Waals surface area (Å²) in [4.78, 5) is 30.1. The number of carbonyl (C=O) groups is 2. The first-order chi connectivity index (χ1) is 16.6. The van der Waals surface area contributed by atoms with Gasteiger partial charge in [0.2, 0.25) is 0 Å². The van der Waals surface area contributed by atoms with Gasteiger partial charge in [-0.05, 0) is 22.6 Å². The molecule has 4 rings (SSSR count). The molecule has 0 saturated heterocycles. The van der Waals surface area contributed by atoms with Crippen molar-refractivity contribution in [3.05, 3.63) is 119 Å². The lowest BCUT2D eigenvalue weighted by Crippen LogP contribution is -2.25. The molecule has 0 saturated carbocycles. The Hall–Kier alpha value is -3.99. The number of hydrogen-bond donors (Lipinski definition) is 1. The van der Waals surface area contributed by atoms with E-state index >= 15 is 0 Å². The summed E-state index contributed by atoms with van der Waals surface area (Å²) in [6, 6.07) is 27.8. The maximum Gasteiger partial charge on any atom is 0.331 e. The van der Waals surface area contributed by atoms with Crippen molar-refractivity contribution in [1.82, 2.24) is 0 Å². The molecule has 0 bridgehead atoms. The van der Waals surface area contributed by atoms with E-state index in [1.807, 2.05) is 91.0 Å². The third kappa shape index (κ3) is 6.07. The minimum absolute atomic E-state index is 0.00460. The van der Waals surface area contributed by atoms with Crippen molar-refractivity contribution in [2.75, 3.05) is 0 Å². The minimum atomic E-state index is -0.828. The van der Waals surface area contributed by atoms with E-state index in [1.165, 1.54) is 6.21 Å². The molecule has 172 valence electrons. The average molecular weight is 454 g/mol. The predicted molar refractivity (Wildman–Crippen MR) is 132 cm³/mol. The number of esters is 1. The van der Waals surface area contributed by atoms with Crippen LogP contribution in [0.3, 0.4) is 0 Å². The molecule has 0 spiro atoms. The van der Waals surface area contributed by atoms with Crippen LogP contribution in [0.2, 0.25) is 0 Å². The van der Waals surface area contributed by atoms with Gasteiger partial charge in [0.25, 0.3) is 0 Å². The Morgan fingerprint density at radius 3 is 2.12 bits per heavy atom. The number of nitrogens with zero attached hydrogens (tertiary/aromatic N) is 1. The number of ketones is 1. The first kappa shape index (κ1) is 23.2. The van der Waals surface area contributed by atoms with Crippen LogP contribution < -0.4 is 0 Å². The summed E-state index contributed by atoms with van der Waals surface area (Å²) in [6.45, 7) is 0.145. The Morgan fingerprint density at radius 1 is 0.912 bits per heavy atom. The molecule has 0 radical (unpaired) electrons. The lowest BCUT2D eigenvalue weighted by Gasteiger charge is -2.22. The van der Waals surface area contributed by atoms with Gasteiger partial charge in [0, 0.05) is 25.5 Å². The van der Waals surface area contributed by atoms with Gasteiger partial charge < -0.3 is 9.84 Å². The van der Waals surface area contributed by atoms with E-state index in [1.54, 1.807) is 0 Å². The third-order valence-electron chi connectivity index (χ3n) is 5.91. The average Bonchev–Trinajstić information content (AvgIpc) is 2.87. The number of aliphatic hydroxyl groups excluding tert-OH is 1. The van der Waals surface area contributed by atoms with Crippen LogP contribution >= 0.6 is 0 Å². The van der Waals surface area contributed by atoms with Gasteiger partial charge in [-0.2, -0.15) is 0 Å².